The molecule has 7 nitrogen and oxygen atoms in total. The van der Waals surface area contributed by atoms with Crippen molar-refractivity contribution in [2.45, 2.75) is 24.3 Å². The van der Waals surface area contributed by atoms with Crippen LogP contribution in [0.25, 0.3) is 0 Å². The second-order valence-corrected chi connectivity index (χ2v) is 6.86. The first-order valence-corrected chi connectivity index (χ1v) is 7.79. The molecule has 0 radical (unpaired) electrons. The molecule has 21 heavy (non-hydrogen) atoms. The first-order chi connectivity index (χ1) is 9.78. The van der Waals surface area contributed by atoms with Crippen molar-refractivity contribution in [3.63, 3.8) is 0 Å². The SMILES string of the molecule is CC1CCN(S(=O)(=O)c2ccc([N+](=O)[O-])cc2F)C1CO. The number of rotatable bonds is 4. The van der Waals surface area contributed by atoms with Crippen molar-refractivity contribution in [2.24, 2.45) is 5.92 Å². The van der Waals surface area contributed by atoms with Gasteiger partial charge in [-0.25, -0.2) is 12.8 Å². The van der Waals surface area contributed by atoms with Gasteiger partial charge in [0, 0.05) is 12.6 Å². The Morgan fingerprint density at radius 2 is 2.19 bits per heavy atom. The van der Waals surface area contributed by atoms with Gasteiger partial charge in [-0.2, -0.15) is 4.31 Å². The molecule has 1 saturated heterocycles. The number of halogens is 1. The van der Waals surface area contributed by atoms with E-state index in [0.717, 1.165) is 16.4 Å². The minimum atomic E-state index is -4.13. The minimum Gasteiger partial charge on any atom is -0.395 e. The number of hydrogen-bond donors (Lipinski definition) is 1. The third-order valence-corrected chi connectivity index (χ3v) is 5.69. The highest BCUT2D eigenvalue weighted by Crippen LogP contribution is 2.31. The van der Waals surface area contributed by atoms with Crippen molar-refractivity contribution in [2.75, 3.05) is 13.2 Å². The summed E-state index contributed by atoms with van der Waals surface area (Å²) in [4.78, 5) is 9.15. The van der Waals surface area contributed by atoms with E-state index in [0.29, 0.717) is 12.5 Å². The van der Waals surface area contributed by atoms with Crippen LogP contribution in [0.2, 0.25) is 0 Å². The molecule has 1 aromatic rings. The zero-order valence-corrected chi connectivity index (χ0v) is 12.1. The highest BCUT2D eigenvalue weighted by atomic mass is 32.2. The van der Waals surface area contributed by atoms with Crippen LogP contribution in [0, 0.1) is 21.8 Å². The zero-order valence-electron chi connectivity index (χ0n) is 11.3. The van der Waals surface area contributed by atoms with E-state index in [-0.39, 0.29) is 19.1 Å². The number of benzene rings is 1. The van der Waals surface area contributed by atoms with Crippen LogP contribution in [0.15, 0.2) is 23.1 Å². The summed E-state index contributed by atoms with van der Waals surface area (Å²) in [6.07, 6.45) is 0.569. The first kappa shape index (κ1) is 15.8. The molecule has 1 N–H and O–H groups in total. The summed E-state index contributed by atoms with van der Waals surface area (Å²) in [6.45, 7) is 1.64. The van der Waals surface area contributed by atoms with Crippen molar-refractivity contribution in [3.8, 4) is 0 Å². The van der Waals surface area contributed by atoms with Crippen LogP contribution in [-0.4, -0.2) is 41.9 Å². The lowest BCUT2D eigenvalue weighted by molar-refractivity contribution is -0.385. The van der Waals surface area contributed by atoms with Gasteiger partial charge in [0.05, 0.1) is 23.6 Å². The summed E-state index contributed by atoms with van der Waals surface area (Å²) in [7, 11) is -4.13. The Labute approximate surface area is 121 Å². The first-order valence-electron chi connectivity index (χ1n) is 6.35. The molecule has 1 heterocycles. The van der Waals surface area contributed by atoms with Crippen molar-refractivity contribution in [3.05, 3.63) is 34.1 Å². The Balaban J connectivity index is 2.43. The van der Waals surface area contributed by atoms with Gasteiger partial charge < -0.3 is 5.11 Å². The van der Waals surface area contributed by atoms with Gasteiger partial charge in [0.2, 0.25) is 10.0 Å². The van der Waals surface area contributed by atoms with Gasteiger partial charge in [0.15, 0.2) is 0 Å². The largest absolute Gasteiger partial charge is 0.395 e. The molecule has 116 valence electrons. The number of nitro groups is 1. The number of nitro benzene ring substituents is 1. The molecule has 2 unspecified atom stereocenters. The molecule has 0 bridgehead atoms. The average Bonchev–Trinajstić information content (AvgIpc) is 2.79. The predicted molar refractivity (Wildman–Crippen MR) is 71.6 cm³/mol. The number of hydrogen-bond acceptors (Lipinski definition) is 5. The summed E-state index contributed by atoms with van der Waals surface area (Å²) in [5, 5.41) is 19.9. The molecule has 0 saturated carbocycles. The molecule has 1 aliphatic heterocycles. The molecule has 1 aliphatic rings. The topological polar surface area (TPSA) is 101 Å². The van der Waals surface area contributed by atoms with E-state index in [1.54, 1.807) is 0 Å². The molecule has 0 aliphatic carbocycles. The quantitative estimate of drug-likeness (QED) is 0.662. The van der Waals surface area contributed by atoms with Crippen molar-refractivity contribution in [1.82, 2.24) is 4.31 Å². The zero-order chi connectivity index (χ0) is 15.8. The minimum absolute atomic E-state index is 0.0362. The highest BCUT2D eigenvalue weighted by Gasteiger charge is 2.40. The maximum absolute atomic E-state index is 13.9. The number of aliphatic hydroxyl groups is 1. The second kappa shape index (κ2) is 5.66. The number of nitrogens with zero attached hydrogens (tertiary/aromatic N) is 2. The van der Waals surface area contributed by atoms with Gasteiger partial charge in [0.1, 0.15) is 10.7 Å². The van der Waals surface area contributed by atoms with Crippen molar-refractivity contribution < 1.29 is 22.8 Å². The molecule has 0 spiro atoms. The molecule has 1 fully saturated rings. The lowest BCUT2D eigenvalue weighted by atomic mass is 10.0. The van der Waals surface area contributed by atoms with E-state index in [9.17, 15) is 28.0 Å². The van der Waals surface area contributed by atoms with Crippen LogP contribution < -0.4 is 0 Å². The van der Waals surface area contributed by atoms with Crippen molar-refractivity contribution >= 4 is 15.7 Å². The number of sulfonamides is 1. The number of aliphatic hydroxyl groups excluding tert-OH is 1. The Morgan fingerprint density at radius 1 is 1.52 bits per heavy atom. The molecule has 9 heteroatoms. The molecular formula is C12H15FN2O5S. The Bertz CT molecular complexity index is 664. The monoisotopic (exact) mass is 318 g/mol. The summed E-state index contributed by atoms with van der Waals surface area (Å²) < 4.78 is 39.9. The lowest BCUT2D eigenvalue weighted by Gasteiger charge is -2.24. The van der Waals surface area contributed by atoms with Gasteiger partial charge >= 0.3 is 0 Å². The third-order valence-electron chi connectivity index (χ3n) is 3.73. The lowest BCUT2D eigenvalue weighted by Crippen LogP contribution is -2.40. The van der Waals surface area contributed by atoms with Gasteiger partial charge in [0.25, 0.3) is 5.69 Å². The van der Waals surface area contributed by atoms with E-state index in [4.69, 9.17) is 0 Å². The van der Waals surface area contributed by atoms with Gasteiger partial charge in [-0.05, 0) is 18.4 Å². The second-order valence-electron chi connectivity index (χ2n) is 5.00. The van der Waals surface area contributed by atoms with Gasteiger partial charge in [-0.1, -0.05) is 6.92 Å². The summed E-state index contributed by atoms with van der Waals surface area (Å²) >= 11 is 0. The smallest absolute Gasteiger partial charge is 0.272 e. The van der Waals surface area contributed by atoms with Crippen LogP contribution in [0.4, 0.5) is 10.1 Å². The van der Waals surface area contributed by atoms with Gasteiger partial charge in [-0.3, -0.25) is 10.1 Å². The Hall–Kier alpha value is -1.58. The summed E-state index contributed by atoms with van der Waals surface area (Å²) in [5.74, 6) is -1.20. The van der Waals surface area contributed by atoms with E-state index in [2.05, 4.69) is 0 Å². The van der Waals surface area contributed by atoms with E-state index >= 15 is 0 Å². The fourth-order valence-corrected chi connectivity index (χ4v) is 4.26. The van der Waals surface area contributed by atoms with Crippen molar-refractivity contribution in [1.29, 1.82) is 0 Å². The maximum atomic E-state index is 13.9. The molecule has 2 rings (SSSR count). The standard InChI is InChI=1S/C12H15FN2O5S/c1-8-4-5-14(11(8)7-16)21(19,20)12-3-2-9(15(17)18)6-10(12)13/h2-3,6,8,11,16H,4-5,7H2,1H3. The third kappa shape index (κ3) is 2.76. The predicted octanol–water partition coefficient (Wildman–Crippen LogP) is 1.13. The number of non-ortho nitro benzene ring substituents is 1. The van der Waals surface area contributed by atoms with E-state index in [1.165, 1.54) is 0 Å². The van der Waals surface area contributed by atoms with Crippen LogP contribution >= 0.6 is 0 Å². The molecule has 1 aromatic carbocycles. The molecule has 0 aromatic heterocycles. The molecular weight excluding hydrogens is 303 g/mol. The normalized spacial score (nSPS) is 23.4. The van der Waals surface area contributed by atoms with Crippen LogP contribution in [0.5, 0.6) is 0 Å². The Morgan fingerprint density at radius 3 is 2.71 bits per heavy atom. The van der Waals surface area contributed by atoms with Crippen LogP contribution in [0.3, 0.4) is 0 Å². The maximum Gasteiger partial charge on any atom is 0.272 e. The molecule has 0 amide bonds. The summed E-state index contributed by atoms with van der Waals surface area (Å²) in [6, 6.07) is 1.81. The van der Waals surface area contributed by atoms with Crippen LogP contribution in [-0.2, 0) is 10.0 Å². The van der Waals surface area contributed by atoms with E-state index in [1.807, 2.05) is 6.92 Å². The van der Waals surface area contributed by atoms with E-state index < -0.39 is 37.4 Å². The fourth-order valence-electron chi connectivity index (χ4n) is 2.48. The highest BCUT2D eigenvalue weighted by molar-refractivity contribution is 7.89. The van der Waals surface area contributed by atoms with Crippen LogP contribution in [0.1, 0.15) is 13.3 Å². The average molecular weight is 318 g/mol. The Kier molecular flexibility index (Phi) is 4.26. The van der Waals surface area contributed by atoms with Gasteiger partial charge in [-0.15, -0.1) is 0 Å². The summed E-state index contributed by atoms with van der Waals surface area (Å²) in [5.41, 5.74) is -0.514. The fraction of sp³-hybridized carbons (Fsp3) is 0.500. The molecule has 2 atom stereocenters.